The average Bonchev–Trinajstić information content (AvgIpc) is 3.45. The third-order valence-electron chi connectivity index (χ3n) is 4.49. The van der Waals surface area contributed by atoms with E-state index in [1.165, 1.54) is 17.1 Å². The van der Waals surface area contributed by atoms with Gasteiger partial charge in [0.15, 0.2) is 5.96 Å². The second-order valence-corrected chi connectivity index (χ2v) is 8.62. The van der Waals surface area contributed by atoms with E-state index in [-0.39, 0.29) is 29.7 Å². The van der Waals surface area contributed by atoms with Crippen LogP contribution in [-0.4, -0.2) is 57.6 Å². The molecule has 152 valence electrons. The van der Waals surface area contributed by atoms with Gasteiger partial charge in [0.25, 0.3) is 0 Å². The Hall–Kier alpha value is -0.910. The van der Waals surface area contributed by atoms with Crippen LogP contribution in [0.2, 0.25) is 0 Å². The third kappa shape index (κ3) is 6.88. The van der Waals surface area contributed by atoms with Crippen LogP contribution in [0.25, 0.3) is 0 Å². The van der Waals surface area contributed by atoms with Gasteiger partial charge in [0.05, 0.1) is 25.5 Å². The quantitative estimate of drug-likeness (QED) is 0.333. The van der Waals surface area contributed by atoms with Gasteiger partial charge in [0.2, 0.25) is 10.0 Å². The molecule has 0 bridgehead atoms. The van der Waals surface area contributed by atoms with Gasteiger partial charge in [0, 0.05) is 25.7 Å². The number of benzene rings is 1. The first-order valence-corrected chi connectivity index (χ1v) is 10.9. The van der Waals surface area contributed by atoms with E-state index in [4.69, 9.17) is 4.74 Å². The monoisotopic (exact) mass is 508 g/mol. The molecule has 1 aliphatic carbocycles. The van der Waals surface area contributed by atoms with E-state index in [1.54, 1.807) is 0 Å². The predicted octanol–water partition coefficient (Wildman–Crippen LogP) is 1.68. The number of halogens is 1. The second kappa shape index (κ2) is 10.6. The maximum Gasteiger partial charge on any atom is 0.218 e. The summed E-state index contributed by atoms with van der Waals surface area (Å²) in [4.78, 5) is 4.63. The van der Waals surface area contributed by atoms with Crippen LogP contribution in [0.15, 0.2) is 29.3 Å². The van der Waals surface area contributed by atoms with Crippen LogP contribution in [0.3, 0.4) is 0 Å². The molecule has 0 atom stereocenters. The van der Waals surface area contributed by atoms with Crippen LogP contribution < -0.4 is 10.6 Å². The van der Waals surface area contributed by atoms with Crippen LogP contribution in [0.1, 0.15) is 30.9 Å². The fourth-order valence-corrected chi connectivity index (χ4v) is 4.43. The van der Waals surface area contributed by atoms with Crippen molar-refractivity contribution in [3.63, 3.8) is 0 Å². The van der Waals surface area contributed by atoms with Crippen LogP contribution in [0.5, 0.6) is 0 Å². The fraction of sp³-hybridized carbons (Fsp3) is 0.611. The van der Waals surface area contributed by atoms with Crippen LogP contribution in [-0.2, 0) is 27.1 Å². The zero-order chi connectivity index (χ0) is 18.4. The number of aliphatic imine (C=N–C) groups is 1. The summed E-state index contributed by atoms with van der Waals surface area (Å²) in [6.07, 6.45) is 2.36. The van der Waals surface area contributed by atoms with Gasteiger partial charge in [-0.1, -0.05) is 24.3 Å². The molecular formula is C18H29IN4O3S. The maximum atomic E-state index is 12.7. The Balaban J connectivity index is 0.00000261. The van der Waals surface area contributed by atoms with Crippen molar-refractivity contribution < 1.29 is 13.2 Å². The molecule has 0 radical (unpaired) electrons. The minimum atomic E-state index is -3.34. The van der Waals surface area contributed by atoms with E-state index < -0.39 is 10.0 Å². The van der Waals surface area contributed by atoms with E-state index in [0.29, 0.717) is 38.9 Å². The smallest absolute Gasteiger partial charge is 0.218 e. The van der Waals surface area contributed by atoms with Gasteiger partial charge in [-0.25, -0.2) is 13.4 Å². The van der Waals surface area contributed by atoms with Crippen molar-refractivity contribution in [3.05, 3.63) is 35.4 Å². The highest BCUT2D eigenvalue weighted by molar-refractivity contribution is 14.0. The zero-order valence-electron chi connectivity index (χ0n) is 15.7. The second-order valence-electron chi connectivity index (χ2n) is 6.65. The van der Waals surface area contributed by atoms with Gasteiger partial charge in [-0.05, 0) is 30.9 Å². The van der Waals surface area contributed by atoms with Crippen molar-refractivity contribution in [2.24, 2.45) is 4.99 Å². The molecule has 2 N–H and O–H groups in total. The van der Waals surface area contributed by atoms with Crippen molar-refractivity contribution in [3.8, 4) is 0 Å². The van der Waals surface area contributed by atoms with Gasteiger partial charge >= 0.3 is 0 Å². The van der Waals surface area contributed by atoms with Crippen molar-refractivity contribution in [1.82, 2.24) is 14.9 Å². The number of sulfonamides is 1. The minimum absolute atomic E-state index is 0. The summed E-state index contributed by atoms with van der Waals surface area (Å²) in [6.45, 7) is 5.07. The molecule has 0 amide bonds. The normalized spacial score (nSPS) is 18.6. The number of rotatable bonds is 7. The molecule has 1 heterocycles. The molecule has 7 nitrogen and oxygen atoms in total. The number of nitrogens with one attached hydrogen (secondary N) is 2. The summed E-state index contributed by atoms with van der Waals surface area (Å²) in [6, 6.07) is 8.16. The Labute approximate surface area is 179 Å². The van der Waals surface area contributed by atoms with Gasteiger partial charge < -0.3 is 15.4 Å². The molecule has 2 aliphatic rings. The third-order valence-corrected chi connectivity index (χ3v) is 6.32. The highest BCUT2D eigenvalue weighted by atomic mass is 127. The average molecular weight is 508 g/mol. The highest BCUT2D eigenvalue weighted by Crippen LogP contribution is 2.19. The molecule has 27 heavy (non-hydrogen) atoms. The Morgan fingerprint density at radius 1 is 1.22 bits per heavy atom. The lowest BCUT2D eigenvalue weighted by molar-refractivity contribution is 0.0729. The van der Waals surface area contributed by atoms with Gasteiger partial charge in [-0.3, -0.25) is 0 Å². The van der Waals surface area contributed by atoms with Crippen LogP contribution in [0, 0.1) is 0 Å². The van der Waals surface area contributed by atoms with Crippen molar-refractivity contribution in [2.75, 3.05) is 32.8 Å². The molecule has 9 heteroatoms. The van der Waals surface area contributed by atoms with E-state index in [2.05, 4.69) is 15.6 Å². The van der Waals surface area contributed by atoms with Crippen LogP contribution in [0.4, 0.5) is 0 Å². The lowest BCUT2D eigenvalue weighted by Crippen LogP contribution is -2.41. The number of hydrogen-bond donors (Lipinski definition) is 2. The standard InChI is InChI=1S/C18H28N4O3S.HI/c1-2-19-18(21-17-7-8-17)20-13-15-5-3-4-6-16(15)14-26(23,24)22-9-11-25-12-10-22;/h3-6,17H,2,7-14H2,1H3,(H2,19,20,21);1H. The molecule has 0 aromatic heterocycles. The van der Waals surface area contributed by atoms with E-state index in [9.17, 15) is 8.42 Å². The summed E-state index contributed by atoms with van der Waals surface area (Å²) in [7, 11) is -3.34. The Morgan fingerprint density at radius 2 is 1.89 bits per heavy atom. The lowest BCUT2D eigenvalue weighted by atomic mass is 10.1. The zero-order valence-corrected chi connectivity index (χ0v) is 18.8. The molecule has 2 fully saturated rings. The highest BCUT2D eigenvalue weighted by Gasteiger charge is 2.25. The fourth-order valence-electron chi connectivity index (χ4n) is 2.87. The number of hydrogen-bond acceptors (Lipinski definition) is 4. The number of morpholine rings is 1. The van der Waals surface area contributed by atoms with Crippen molar-refractivity contribution in [1.29, 1.82) is 0 Å². The summed E-state index contributed by atoms with van der Waals surface area (Å²) in [5.41, 5.74) is 1.75. The van der Waals surface area contributed by atoms with Crippen LogP contribution >= 0.6 is 24.0 Å². The van der Waals surface area contributed by atoms with E-state index >= 15 is 0 Å². The number of guanidine groups is 1. The van der Waals surface area contributed by atoms with Gasteiger partial charge in [0.1, 0.15) is 0 Å². The Morgan fingerprint density at radius 3 is 2.52 bits per heavy atom. The largest absolute Gasteiger partial charge is 0.379 e. The SMILES string of the molecule is CCNC(=NCc1ccccc1CS(=O)(=O)N1CCOCC1)NC1CC1.I. The molecule has 1 saturated carbocycles. The lowest BCUT2D eigenvalue weighted by Gasteiger charge is -2.26. The van der Waals surface area contributed by atoms with Gasteiger partial charge in [-0.15, -0.1) is 24.0 Å². The maximum absolute atomic E-state index is 12.7. The first-order chi connectivity index (χ1) is 12.6. The minimum Gasteiger partial charge on any atom is -0.379 e. The summed E-state index contributed by atoms with van der Waals surface area (Å²) >= 11 is 0. The number of nitrogens with zero attached hydrogens (tertiary/aromatic N) is 2. The molecule has 0 unspecified atom stereocenters. The topological polar surface area (TPSA) is 83.0 Å². The number of ether oxygens (including phenoxy) is 1. The van der Waals surface area contributed by atoms with Crippen molar-refractivity contribution in [2.45, 2.75) is 38.1 Å². The molecule has 1 aliphatic heterocycles. The molecule has 0 spiro atoms. The molecule has 1 aromatic rings. The first-order valence-electron chi connectivity index (χ1n) is 9.25. The Kier molecular flexibility index (Phi) is 8.77. The molecule has 1 saturated heterocycles. The predicted molar refractivity (Wildman–Crippen MR) is 118 cm³/mol. The van der Waals surface area contributed by atoms with E-state index in [0.717, 1.165) is 23.6 Å². The molecule has 3 rings (SSSR count). The van der Waals surface area contributed by atoms with E-state index in [1.807, 2.05) is 31.2 Å². The first kappa shape index (κ1) is 22.4. The molecule has 1 aromatic carbocycles. The molecular weight excluding hydrogens is 479 g/mol. The van der Waals surface area contributed by atoms with Crippen molar-refractivity contribution >= 4 is 40.0 Å². The summed E-state index contributed by atoms with van der Waals surface area (Å²) in [5.74, 6) is 0.798. The summed E-state index contributed by atoms with van der Waals surface area (Å²) < 4.78 is 32.2. The summed E-state index contributed by atoms with van der Waals surface area (Å²) in [5, 5.41) is 6.62. The van der Waals surface area contributed by atoms with Gasteiger partial charge in [-0.2, -0.15) is 4.31 Å². The Bertz CT molecular complexity index is 732.